The van der Waals surface area contributed by atoms with Crippen LogP contribution in [0, 0.1) is 6.92 Å². The van der Waals surface area contributed by atoms with Crippen LogP contribution in [0.5, 0.6) is 5.75 Å². The van der Waals surface area contributed by atoms with E-state index in [0.717, 1.165) is 12.7 Å². The highest BCUT2D eigenvalue weighted by Gasteiger charge is 2.28. The van der Waals surface area contributed by atoms with Crippen LogP contribution in [-0.2, 0) is 9.53 Å². The number of carbonyl (C=O) groups excluding carboxylic acids is 2. The van der Waals surface area contributed by atoms with Gasteiger partial charge in [-0.3, -0.25) is 9.78 Å². The molecule has 118 valence electrons. The van der Waals surface area contributed by atoms with Crippen LogP contribution in [0.4, 0.5) is 0 Å². The number of hydrogen-bond acceptors (Lipinski definition) is 7. The Morgan fingerprint density at radius 1 is 1.26 bits per heavy atom. The molecule has 23 heavy (non-hydrogen) atoms. The van der Waals surface area contributed by atoms with Crippen molar-refractivity contribution >= 4 is 33.7 Å². The predicted octanol–water partition coefficient (Wildman–Crippen LogP) is 1.68. The number of carbonyl (C=O) groups is 2. The molecule has 0 bridgehead atoms. The van der Waals surface area contributed by atoms with E-state index in [1.165, 1.54) is 12.4 Å². The highest BCUT2D eigenvalue weighted by molar-refractivity contribution is 6.23. The number of rotatable bonds is 3. The fraction of sp³-hybridized carbons (Fsp3) is 0.188. The number of Topliss-reactive ketones (excluding diaryl/α,β-unsaturated/α-hetero) is 1. The first-order valence-corrected chi connectivity index (χ1v) is 6.81. The SMILES string of the molecule is COC(=O)C(N)C(=O)c1cc(C)cc2oc3cncc(O)c3c12. The van der Waals surface area contributed by atoms with Gasteiger partial charge in [-0.15, -0.1) is 0 Å². The van der Waals surface area contributed by atoms with Crippen LogP contribution in [0.2, 0.25) is 0 Å². The van der Waals surface area contributed by atoms with Crippen LogP contribution >= 0.6 is 0 Å². The molecular weight excluding hydrogens is 300 g/mol. The van der Waals surface area contributed by atoms with Gasteiger partial charge < -0.3 is 20.0 Å². The van der Waals surface area contributed by atoms with Gasteiger partial charge in [0, 0.05) is 10.9 Å². The number of methoxy groups -OCH3 is 1. The summed E-state index contributed by atoms with van der Waals surface area (Å²) in [5.41, 5.74) is 7.36. The molecule has 1 atom stereocenters. The number of benzene rings is 1. The number of aromatic hydroxyl groups is 1. The molecule has 7 nitrogen and oxygen atoms in total. The molecule has 2 aromatic heterocycles. The van der Waals surface area contributed by atoms with Gasteiger partial charge in [-0.25, -0.2) is 4.79 Å². The largest absolute Gasteiger partial charge is 0.506 e. The quantitative estimate of drug-likeness (QED) is 0.429. The Morgan fingerprint density at radius 2 is 2.00 bits per heavy atom. The Hall–Kier alpha value is -2.93. The van der Waals surface area contributed by atoms with Crippen molar-refractivity contribution in [3.8, 4) is 5.75 Å². The number of furan rings is 1. The molecule has 3 aromatic rings. The van der Waals surface area contributed by atoms with Crippen LogP contribution < -0.4 is 5.73 Å². The monoisotopic (exact) mass is 314 g/mol. The molecule has 0 saturated carbocycles. The molecule has 7 heteroatoms. The van der Waals surface area contributed by atoms with Gasteiger partial charge in [0.1, 0.15) is 11.3 Å². The second-order valence-electron chi connectivity index (χ2n) is 5.18. The van der Waals surface area contributed by atoms with Crippen LogP contribution in [0.3, 0.4) is 0 Å². The summed E-state index contributed by atoms with van der Waals surface area (Å²) in [5.74, 6) is -1.56. The van der Waals surface area contributed by atoms with Gasteiger partial charge in [0.15, 0.2) is 17.4 Å². The fourth-order valence-corrected chi connectivity index (χ4v) is 2.57. The summed E-state index contributed by atoms with van der Waals surface area (Å²) < 4.78 is 10.2. The zero-order valence-electron chi connectivity index (χ0n) is 12.5. The number of ether oxygens (including phenoxy) is 1. The van der Waals surface area contributed by atoms with Crippen molar-refractivity contribution in [2.75, 3.05) is 7.11 Å². The lowest BCUT2D eigenvalue weighted by Crippen LogP contribution is -2.39. The molecule has 0 aliphatic heterocycles. The number of hydrogen-bond donors (Lipinski definition) is 2. The van der Waals surface area contributed by atoms with Crippen LogP contribution in [0.25, 0.3) is 21.9 Å². The van der Waals surface area contributed by atoms with E-state index in [1.54, 1.807) is 19.1 Å². The van der Waals surface area contributed by atoms with Gasteiger partial charge in [0.05, 0.1) is 24.9 Å². The zero-order chi connectivity index (χ0) is 16.7. The molecule has 0 fully saturated rings. The molecule has 0 amide bonds. The smallest absolute Gasteiger partial charge is 0.330 e. The Balaban J connectivity index is 2.34. The molecule has 0 spiro atoms. The summed E-state index contributed by atoms with van der Waals surface area (Å²) in [4.78, 5) is 28.0. The van der Waals surface area contributed by atoms with Gasteiger partial charge in [-0.2, -0.15) is 0 Å². The first kappa shape index (κ1) is 15.0. The minimum absolute atomic E-state index is 0.120. The first-order valence-electron chi connectivity index (χ1n) is 6.81. The number of aryl methyl sites for hydroxylation is 1. The van der Waals surface area contributed by atoms with E-state index < -0.39 is 17.8 Å². The molecule has 0 radical (unpaired) electrons. The van der Waals surface area contributed by atoms with Gasteiger partial charge in [0.25, 0.3) is 0 Å². The van der Waals surface area contributed by atoms with E-state index >= 15 is 0 Å². The molecule has 0 aliphatic carbocycles. The lowest BCUT2D eigenvalue weighted by atomic mass is 9.97. The lowest BCUT2D eigenvalue weighted by molar-refractivity contribution is -0.140. The molecule has 2 heterocycles. The fourth-order valence-electron chi connectivity index (χ4n) is 2.57. The third-order valence-corrected chi connectivity index (χ3v) is 3.61. The molecule has 3 rings (SSSR count). The van der Waals surface area contributed by atoms with E-state index in [-0.39, 0.29) is 11.3 Å². The molecule has 3 N–H and O–H groups in total. The highest BCUT2D eigenvalue weighted by Crippen LogP contribution is 2.37. The van der Waals surface area contributed by atoms with Crippen LogP contribution in [0.15, 0.2) is 28.9 Å². The maximum atomic E-state index is 12.6. The number of nitrogens with two attached hydrogens (primary N) is 1. The molecule has 0 aliphatic rings. The van der Waals surface area contributed by atoms with Crippen molar-refractivity contribution < 1.29 is 23.8 Å². The minimum atomic E-state index is -1.45. The van der Waals surface area contributed by atoms with Crippen molar-refractivity contribution in [1.82, 2.24) is 4.98 Å². The Kier molecular flexibility index (Phi) is 3.49. The molecular formula is C16H14N2O5. The lowest BCUT2D eigenvalue weighted by Gasteiger charge is -2.10. The topological polar surface area (TPSA) is 116 Å². The van der Waals surface area contributed by atoms with E-state index in [9.17, 15) is 14.7 Å². The van der Waals surface area contributed by atoms with Crippen LogP contribution in [-0.4, -0.2) is 35.0 Å². The Bertz CT molecular complexity index is 944. The van der Waals surface area contributed by atoms with Crippen molar-refractivity contribution in [1.29, 1.82) is 0 Å². The second kappa shape index (κ2) is 5.36. The summed E-state index contributed by atoms with van der Waals surface area (Å²) in [7, 11) is 1.16. The third-order valence-electron chi connectivity index (χ3n) is 3.61. The zero-order valence-corrected chi connectivity index (χ0v) is 12.5. The number of pyridine rings is 1. The molecule has 1 unspecified atom stereocenters. The first-order chi connectivity index (χ1) is 10.9. The summed E-state index contributed by atoms with van der Waals surface area (Å²) in [6.45, 7) is 1.78. The minimum Gasteiger partial charge on any atom is -0.506 e. The third kappa shape index (κ3) is 2.31. The summed E-state index contributed by atoms with van der Waals surface area (Å²) in [6, 6.07) is 1.89. The number of aromatic nitrogens is 1. The van der Waals surface area contributed by atoms with Gasteiger partial charge in [0.2, 0.25) is 0 Å². The molecule has 1 aromatic carbocycles. The van der Waals surface area contributed by atoms with E-state index in [0.29, 0.717) is 21.9 Å². The number of esters is 1. The standard InChI is InChI=1S/C16H14N2O5/c1-7-3-8(15(20)14(17)16(21)22-2)12-10(4-7)23-11-6-18-5-9(19)13(11)12/h3-6,14,19H,17H2,1-2H3. The Morgan fingerprint density at radius 3 is 2.70 bits per heavy atom. The normalized spacial score (nSPS) is 12.5. The van der Waals surface area contributed by atoms with Crippen LogP contribution in [0.1, 0.15) is 15.9 Å². The van der Waals surface area contributed by atoms with E-state index in [1.807, 2.05) is 0 Å². The van der Waals surface area contributed by atoms with Gasteiger partial charge >= 0.3 is 5.97 Å². The number of fused-ring (bicyclic) bond motifs is 3. The van der Waals surface area contributed by atoms with Gasteiger partial charge in [-0.05, 0) is 24.6 Å². The summed E-state index contributed by atoms with van der Waals surface area (Å²) in [5, 5.41) is 10.8. The average molecular weight is 314 g/mol. The van der Waals surface area contributed by atoms with Crippen molar-refractivity contribution in [3.63, 3.8) is 0 Å². The maximum absolute atomic E-state index is 12.6. The van der Waals surface area contributed by atoms with Gasteiger partial charge in [-0.1, -0.05) is 0 Å². The van der Waals surface area contributed by atoms with Crippen molar-refractivity contribution in [2.24, 2.45) is 5.73 Å². The summed E-state index contributed by atoms with van der Waals surface area (Å²) >= 11 is 0. The predicted molar refractivity (Wildman–Crippen MR) is 82.2 cm³/mol. The van der Waals surface area contributed by atoms with E-state index in [2.05, 4.69) is 9.72 Å². The Labute approximate surface area is 130 Å². The molecule has 0 saturated heterocycles. The summed E-state index contributed by atoms with van der Waals surface area (Å²) in [6.07, 6.45) is 2.70. The average Bonchev–Trinajstić information content (AvgIpc) is 2.91. The van der Waals surface area contributed by atoms with Crippen molar-refractivity contribution in [2.45, 2.75) is 13.0 Å². The highest BCUT2D eigenvalue weighted by atomic mass is 16.5. The van der Waals surface area contributed by atoms with Crippen molar-refractivity contribution in [3.05, 3.63) is 35.7 Å². The number of ketones is 1. The second-order valence-corrected chi connectivity index (χ2v) is 5.18. The van der Waals surface area contributed by atoms with E-state index in [4.69, 9.17) is 10.2 Å². The maximum Gasteiger partial charge on any atom is 0.330 e. The number of nitrogens with zero attached hydrogens (tertiary/aromatic N) is 1.